The number of furan rings is 1. The summed E-state index contributed by atoms with van der Waals surface area (Å²) >= 11 is 14.6. The molecule has 0 saturated carbocycles. The molecule has 1 aromatic heterocycles. The number of hydrogen-bond donors (Lipinski definition) is 0. The highest BCUT2D eigenvalue weighted by molar-refractivity contribution is 14.1. The van der Waals surface area contributed by atoms with E-state index in [0.29, 0.717) is 38.5 Å². The van der Waals surface area contributed by atoms with Crippen LogP contribution in [-0.2, 0) is 14.4 Å². The largest absolute Gasteiger partial charge is 0.459 e. The highest BCUT2D eigenvalue weighted by Crippen LogP contribution is 2.49. The molecule has 3 atom stereocenters. The van der Waals surface area contributed by atoms with E-state index < -0.39 is 24.0 Å². The SMILES string of the molecule is O=C1C2ON(c3ccccc3)C(c3ccc(-c4ccc(Cl)cc4Cl)o3)C2C(=O)N1c1ccccc1I. The van der Waals surface area contributed by atoms with Gasteiger partial charge in [-0.05, 0) is 77.2 Å². The van der Waals surface area contributed by atoms with Gasteiger partial charge in [0, 0.05) is 14.2 Å². The van der Waals surface area contributed by atoms with E-state index in [-0.39, 0.29) is 5.91 Å². The van der Waals surface area contributed by atoms with E-state index in [2.05, 4.69) is 22.6 Å². The Morgan fingerprint density at radius 2 is 1.58 bits per heavy atom. The predicted molar refractivity (Wildman–Crippen MR) is 146 cm³/mol. The third kappa shape index (κ3) is 3.82. The van der Waals surface area contributed by atoms with Gasteiger partial charge in [0.15, 0.2) is 6.10 Å². The summed E-state index contributed by atoms with van der Waals surface area (Å²) in [4.78, 5) is 34.7. The number of hydrogen-bond acceptors (Lipinski definition) is 5. The van der Waals surface area contributed by atoms with Gasteiger partial charge in [-0.25, -0.2) is 9.96 Å². The second-order valence-electron chi connectivity index (χ2n) is 8.45. The molecule has 3 heterocycles. The molecule has 3 unspecified atom stereocenters. The van der Waals surface area contributed by atoms with Crippen LogP contribution in [0.1, 0.15) is 11.8 Å². The number of rotatable bonds is 4. The normalized spacial score (nSPS) is 21.4. The van der Waals surface area contributed by atoms with Crippen molar-refractivity contribution in [1.29, 1.82) is 0 Å². The van der Waals surface area contributed by atoms with Crippen molar-refractivity contribution in [3.8, 4) is 11.3 Å². The van der Waals surface area contributed by atoms with Crippen LogP contribution in [0.5, 0.6) is 0 Å². The highest BCUT2D eigenvalue weighted by Gasteiger charge is 2.61. The van der Waals surface area contributed by atoms with Gasteiger partial charge in [-0.15, -0.1) is 0 Å². The molecule has 6 nitrogen and oxygen atoms in total. The number of para-hydroxylation sites is 2. The Morgan fingerprint density at radius 3 is 2.33 bits per heavy atom. The maximum absolute atomic E-state index is 13.8. The second-order valence-corrected chi connectivity index (χ2v) is 10.5. The number of nitrogens with zero attached hydrogens (tertiary/aromatic N) is 2. The molecule has 2 aliphatic rings. The monoisotopic (exact) mass is 630 g/mol. The van der Waals surface area contributed by atoms with Crippen LogP contribution in [0.25, 0.3) is 11.3 Å². The lowest BCUT2D eigenvalue weighted by molar-refractivity contribution is -0.126. The fraction of sp³-hybridized carbons (Fsp3) is 0.111. The van der Waals surface area contributed by atoms with E-state index in [0.717, 1.165) is 3.57 Å². The molecule has 2 amide bonds. The van der Waals surface area contributed by atoms with Gasteiger partial charge in [0.1, 0.15) is 23.5 Å². The zero-order valence-electron chi connectivity index (χ0n) is 18.5. The third-order valence-corrected chi connectivity index (χ3v) is 7.79. The van der Waals surface area contributed by atoms with Crippen LogP contribution < -0.4 is 9.96 Å². The molecule has 0 bridgehead atoms. The van der Waals surface area contributed by atoms with Crippen LogP contribution in [-0.4, -0.2) is 17.9 Å². The van der Waals surface area contributed by atoms with Gasteiger partial charge in [-0.2, -0.15) is 0 Å². The maximum Gasteiger partial charge on any atom is 0.266 e. The Hall–Kier alpha value is -2.85. The minimum Gasteiger partial charge on any atom is -0.459 e. The minimum absolute atomic E-state index is 0.333. The van der Waals surface area contributed by atoms with E-state index >= 15 is 0 Å². The van der Waals surface area contributed by atoms with Gasteiger partial charge >= 0.3 is 0 Å². The number of carbonyl (C=O) groups excluding carboxylic acids is 2. The van der Waals surface area contributed by atoms with Gasteiger partial charge in [0.05, 0.1) is 16.4 Å². The molecule has 2 fully saturated rings. The smallest absolute Gasteiger partial charge is 0.266 e. The Bertz CT molecular complexity index is 1490. The summed E-state index contributed by atoms with van der Waals surface area (Å²) in [5.41, 5.74) is 1.92. The van der Waals surface area contributed by atoms with Crippen LogP contribution >= 0.6 is 45.8 Å². The molecule has 180 valence electrons. The molecule has 3 aromatic carbocycles. The summed E-state index contributed by atoms with van der Waals surface area (Å²) in [5.74, 6) is -0.522. The summed E-state index contributed by atoms with van der Waals surface area (Å²) in [5, 5.41) is 2.56. The van der Waals surface area contributed by atoms with Crippen LogP contribution in [0.4, 0.5) is 11.4 Å². The Balaban J connectivity index is 1.44. The number of anilines is 2. The summed E-state index contributed by atoms with van der Waals surface area (Å²) in [7, 11) is 0. The molecule has 0 N–H and O–H groups in total. The summed E-state index contributed by atoms with van der Waals surface area (Å²) < 4.78 is 7.05. The molecule has 2 saturated heterocycles. The number of imide groups is 1. The van der Waals surface area contributed by atoms with E-state index in [1.165, 1.54) is 4.90 Å². The first-order valence-electron chi connectivity index (χ1n) is 11.1. The molecule has 0 radical (unpaired) electrons. The molecule has 9 heteroatoms. The highest BCUT2D eigenvalue weighted by atomic mass is 127. The van der Waals surface area contributed by atoms with Crippen molar-refractivity contribution in [1.82, 2.24) is 0 Å². The maximum atomic E-state index is 13.8. The molecular formula is C27H17Cl2IN2O4. The van der Waals surface area contributed by atoms with E-state index in [1.807, 2.05) is 42.5 Å². The van der Waals surface area contributed by atoms with E-state index in [9.17, 15) is 9.59 Å². The predicted octanol–water partition coefficient (Wildman–Crippen LogP) is 6.91. The van der Waals surface area contributed by atoms with Crippen molar-refractivity contribution in [3.63, 3.8) is 0 Å². The van der Waals surface area contributed by atoms with E-state index in [1.54, 1.807) is 47.5 Å². The number of hydroxylamine groups is 1. The Kier molecular flexibility index (Phi) is 6.03. The van der Waals surface area contributed by atoms with Crippen molar-refractivity contribution < 1.29 is 18.8 Å². The summed E-state index contributed by atoms with van der Waals surface area (Å²) in [6.45, 7) is 0. The number of benzene rings is 3. The third-order valence-electron chi connectivity index (χ3n) is 6.33. The topological polar surface area (TPSA) is 63.0 Å². The minimum atomic E-state index is -0.980. The first kappa shape index (κ1) is 23.5. The van der Waals surface area contributed by atoms with Gasteiger partial charge in [0.2, 0.25) is 5.91 Å². The summed E-state index contributed by atoms with van der Waals surface area (Å²) in [6, 6.07) is 24.7. The fourth-order valence-electron chi connectivity index (χ4n) is 4.72. The zero-order valence-corrected chi connectivity index (χ0v) is 22.1. The molecule has 0 spiro atoms. The number of fused-ring (bicyclic) bond motifs is 1. The number of carbonyl (C=O) groups is 2. The molecule has 4 aromatic rings. The van der Waals surface area contributed by atoms with Crippen molar-refractivity contribution >= 4 is 69.0 Å². The van der Waals surface area contributed by atoms with Gasteiger partial charge in [0.25, 0.3) is 5.91 Å². The van der Waals surface area contributed by atoms with E-state index in [4.69, 9.17) is 32.5 Å². The summed E-state index contributed by atoms with van der Waals surface area (Å²) in [6.07, 6.45) is -0.980. The average Bonchev–Trinajstić information content (AvgIpc) is 3.56. The molecule has 0 aliphatic carbocycles. The quantitative estimate of drug-likeness (QED) is 0.181. The van der Waals surface area contributed by atoms with Crippen molar-refractivity contribution in [2.75, 3.05) is 9.96 Å². The molecule has 6 rings (SSSR count). The van der Waals surface area contributed by atoms with Crippen molar-refractivity contribution in [2.45, 2.75) is 12.1 Å². The van der Waals surface area contributed by atoms with Crippen LogP contribution in [0, 0.1) is 9.49 Å². The fourth-order valence-corrected chi connectivity index (χ4v) is 5.85. The van der Waals surface area contributed by atoms with Crippen LogP contribution in [0.15, 0.2) is 89.3 Å². The molecular weight excluding hydrogens is 614 g/mol. The lowest BCUT2D eigenvalue weighted by atomic mass is 9.94. The Morgan fingerprint density at radius 1 is 0.833 bits per heavy atom. The number of halogens is 3. The van der Waals surface area contributed by atoms with Gasteiger partial charge in [-0.3, -0.25) is 14.4 Å². The lowest BCUT2D eigenvalue weighted by Crippen LogP contribution is -2.37. The van der Waals surface area contributed by atoms with Gasteiger partial charge < -0.3 is 4.42 Å². The van der Waals surface area contributed by atoms with Crippen LogP contribution in [0.2, 0.25) is 10.0 Å². The number of amides is 2. The van der Waals surface area contributed by atoms with Crippen LogP contribution in [0.3, 0.4) is 0 Å². The Labute approximate surface area is 230 Å². The first-order valence-corrected chi connectivity index (χ1v) is 13.0. The lowest BCUT2D eigenvalue weighted by Gasteiger charge is -2.27. The standard InChI is InChI=1S/C27H17Cl2IN2O4/c28-15-10-11-17(18(29)14-15)21-12-13-22(35-21)24-23-25(36-32(24)16-6-2-1-3-7-16)27(34)31(26(23)33)20-9-5-4-8-19(20)30/h1-14,23-25H. The van der Waals surface area contributed by atoms with Gasteiger partial charge in [-0.1, -0.05) is 53.5 Å². The van der Waals surface area contributed by atoms with Crippen molar-refractivity contribution in [3.05, 3.63) is 104 Å². The average molecular weight is 631 g/mol. The first-order chi connectivity index (χ1) is 17.4. The molecule has 2 aliphatic heterocycles. The second kappa shape index (κ2) is 9.23. The molecule has 36 heavy (non-hydrogen) atoms. The zero-order chi connectivity index (χ0) is 25.0. The van der Waals surface area contributed by atoms with Crippen molar-refractivity contribution in [2.24, 2.45) is 5.92 Å².